The van der Waals surface area contributed by atoms with Gasteiger partial charge in [0.2, 0.25) is 0 Å². The molecule has 3 aromatic rings. The molecule has 0 aliphatic carbocycles. The third kappa shape index (κ3) is 3.88. The first-order chi connectivity index (χ1) is 13.1. The second kappa shape index (κ2) is 7.76. The lowest BCUT2D eigenvalue weighted by Gasteiger charge is -2.09. The molecule has 0 atom stereocenters. The van der Waals surface area contributed by atoms with Crippen LogP contribution in [0.15, 0.2) is 59.6 Å². The largest absolute Gasteiger partial charge is 0.490 e. The molecule has 7 heteroatoms. The van der Waals surface area contributed by atoms with Gasteiger partial charge in [-0.05, 0) is 24.3 Å². The summed E-state index contributed by atoms with van der Waals surface area (Å²) in [6.45, 7) is 1.14. The van der Waals surface area contributed by atoms with E-state index in [1.165, 1.54) is 11.8 Å². The van der Waals surface area contributed by atoms with Crippen molar-refractivity contribution in [3.63, 3.8) is 0 Å². The number of halogens is 1. The van der Waals surface area contributed by atoms with E-state index in [0.29, 0.717) is 33.1 Å². The molecule has 1 aliphatic rings. The number of carbonyl (C=O) groups is 1. The molecule has 1 N–H and O–H groups in total. The van der Waals surface area contributed by atoms with Gasteiger partial charge in [-0.3, -0.25) is 4.79 Å². The first-order valence-electron chi connectivity index (χ1n) is 8.32. The van der Waals surface area contributed by atoms with Crippen LogP contribution in [0.5, 0.6) is 5.75 Å². The van der Waals surface area contributed by atoms with Crippen LogP contribution in [-0.2, 0) is 11.3 Å². The van der Waals surface area contributed by atoms with Crippen LogP contribution in [0, 0.1) is 0 Å². The second-order valence-corrected chi connectivity index (χ2v) is 8.05. The highest BCUT2D eigenvalue weighted by atomic mass is 35.5. The van der Waals surface area contributed by atoms with Gasteiger partial charge in [-0.1, -0.05) is 65.9 Å². The molecular formula is C20H15ClN2O2S2. The highest BCUT2D eigenvalue weighted by Crippen LogP contribution is 2.30. The molecule has 0 unspecified atom stereocenters. The monoisotopic (exact) mass is 414 g/mol. The number of para-hydroxylation sites is 2. The molecule has 2 aromatic carbocycles. The lowest BCUT2D eigenvalue weighted by atomic mass is 10.1. The molecule has 136 valence electrons. The number of hydrogen-bond donors (Lipinski definition) is 1. The molecule has 1 fully saturated rings. The van der Waals surface area contributed by atoms with E-state index in [4.69, 9.17) is 28.6 Å². The normalized spacial score (nSPS) is 15.5. The molecule has 1 aliphatic heterocycles. The van der Waals surface area contributed by atoms with Crippen LogP contribution in [0.4, 0.5) is 0 Å². The van der Waals surface area contributed by atoms with Gasteiger partial charge < -0.3 is 14.6 Å². The number of rotatable bonds is 5. The number of amides is 1. The number of hydrogen-bond acceptors (Lipinski definition) is 4. The summed E-state index contributed by atoms with van der Waals surface area (Å²) in [6.07, 6.45) is 3.91. The third-order valence-electron chi connectivity index (χ3n) is 4.17. The van der Waals surface area contributed by atoms with Crippen molar-refractivity contribution in [2.24, 2.45) is 0 Å². The van der Waals surface area contributed by atoms with E-state index in [1.807, 2.05) is 48.7 Å². The molecular weight excluding hydrogens is 400 g/mol. The summed E-state index contributed by atoms with van der Waals surface area (Å²) in [7, 11) is 0. The number of carbonyl (C=O) groups excluding carboxylic acids is 1. The summed E-state index contributed by atoms with van der Waals surface area (Å²) >= 11 is 12.5. The topological polar surface area (TPSA) is 43.3 Å². The maximum Gasteiger partial charge on any atom is 0.263 e. The predicted octanol–water partition coefficient (Wildman–Crippen LogP) is 4.86. The lowest BCUT2D eigenvalue weighted by molar-refractivity contribution is -0.115. The van der Waals surface area contributed by atoms with Crippen molar-refractivity contribution in [1.82, 2.24) is 9.88 Å². The minimum atomic E-state index is -0.149. The fourth-order valence-corrected chi connectivity index (χ4v) is 4.18. The molecule has 0 saturated carbocycles. The first-order valence-corrected chi connectivity index (χ1v) is 9.92. The molecule has 1 amide bonds. The molecule has 0 spiro atoms. The van der Waals surface area contributed by atoms with Gasteiger partial charge in [0.15, 0.2) is 0 Å². The number of thiocarbonyl (C=S) groups is 1. The van der Waals surface area contributed by atoms with Crippen LogP contribution in [-0.4, -0.2) is 21.4 Å². The Labute approximate surface area is 171 Å². The molecule has 0 radical (unpaired) electrons. The summed E-state index contributed by atoms with van der Waals surface area (Å²) in [5.41, 5.74) is 2.06. The fraction of sp³-hybridized carbons (Fsp3) is 0.100. The molecule has 1 aromatic heterocycles. The van der Waals surface area contributed by atoms with E-state index in [0.717, 1.165) is 16.5 Å². The summed E-state index contributed by atoms with van der Waals surface area (Å²) in [5, 5.41) is 4.32. The van der Waals surface area contributed by atoms with Crippen LogP contribution in [0.1, 0.15) is 5.56 Å². The van der Waals surface area contributed by atoms with E-state index in [2.05, 4.69) is 16.0 Å². The van der Waals surface area contributed by atoms with E-state index >= 15 is 0 Å². The van der Waals surface area contributed by atoms with Crippen molar-refractivity contribution in [1.29, 1.82) is 0 Å². The van der Waals surface area contributed by atoms with Crippen molar-refractivity contribution in [3.05, 3.63) is 70.2 Å². The lowest BCUT2D eigenvalue weighted by Crippen LogP contribution is -2.17. The van der Waals surface area contributed by atoms with Crippen molar-refractivity contribution < 1.29 is 9.53 Å². The quantitative estimate of drug-likeness (QED) is 0.478. The zero-order valence-electron chi connectivity index (χ0n) is 14.1. The Kier molecular flexibility index (Phi) is 5.20. The molecule has 27 heavy (non-hydrogen) atoms. The van der Waals surface area contributed by atoms with Crippen LogP contribution in [0.3, 0.4) is 0 Å². The number of thioether (sulfide) groups is 1. The van der Waals surface area contributed by atoms with Crippen LogP contribution < -0.4 is 10.1 Å². The Morgan fingerprint density at radius 1 is 1.19 bits per heavy atom. The summed E-state index contributed by atoms with van der Waals surface area (Å²) in [6, 6.07) is 15.5. The number of ether oxygens (including phenoxy) is 1. The smallest absolute Gasteiger partial charge is 0.263 e. The molecule has 0 bridgehead atoms. The van der Waals surface area contributed by atoms with Gasteiger partial charge in [0.1, 0.15) is 16.7 Å². The van der Waals surface area contributed by atoms with Gasteiger partial charge >= 0.3 is 0 Å². The fourth-order valence-electron chi connectivity index (χ4n) is 2.95. The molecule has 4 nitrogen and oxygen atoms in total. The van der Waals surface area contributed by atoms with Gasteiger partial charge in [-0.15, -0.1) is 0 Å². The predicted molar refractivity (Wildman–Crippen MR) is 115 cm³/mol. The van der Waals surface area contributed by atoms with Gasteiger partial charge in [0, 0.05) is 22.7 Å². The highest BCUT2D eigenvalue weighted by Gasteiger charge is 2.22. The Morgan fingerprint density at radius 2 is 1.96 bits per heavy atom. The van der Waals surface area contributed by atoms with Crippen molar-refractivity contribution >= 4 is 62.8 Å². The number of aromatic nitrogens is 1. The van der Waals surface area contributed by atoms with Crippen molar-refractivity contribution in [2.45, 2.75) is 6.54 Å². The third-order valence-corrected chi connectivity index (χ3v) is 5.65. The van der Waals surface area contributed by atoms with Gasteiger partial charge in [-0.25, -0.2) is 0 Å². The highest BCUT2D eigenvalue weighted by molar-refractivity contribution is 8.26. The van der Waals surface area contributed by atoms with E-state index < -0.39 is 0 Å². The number of nitrogens with zero attached hydrogens (tertiary/aromatic N) is 1. The molecule has 1 saturated heterocycles. The number of nitrogens with one attached hydrogen (secondary N) is 1. The van der Waals surface area contributed by atoms with Crippen LogP contribution in [0.25, 0.3) is 17.0 Å². The standard InChI is InChI=1S/C20H15ClN2O2S2/c21-15-6-2-4-8-17(15)25-10-9-23-12-13(14-5-1-3-7-16(14)23)11-18-19(24)22-20(26)27-18/h1-8,11-12H,9-10H2,(H,22,24,26). The van der Waals surface area contributed by atoms with Gasteiger partial charge in [0.25, 0.3) is 5.91 Å². The zero-order valence-corrected chi connectivity index (χ0v) is 16.5. The van der Waals surface area contributed by atoms with Crippen molar-refractivity contribution in [3.8, 4) is 5.75 Å². The van der Waals surface area contributed by atoms with E-state index in [9.17, 15) is 4.79 Å². The summed E-state index contributed by atoms with van der Waals surface area (Å²) in [5.74, 6) is 0.523. The average Bonchev–Trinajstić information content (AvgIpc) is 3.17. The molecule has 2 heterocycles. The summed E-state index contributed by atoms with van der Waals surface area (Å²) < 4.78 is 8.42. The second-order valence-electron chi connectivity index (χ2n) is 5.93. The van der Waals surface area contributed by atoms with Gasteiger partial charge in [0.05, 0.1) is 16.5 Å². The zero-order chi connectivity index (χ0) is 18.8. The molecule has 4 rings (SSSR count). The Hall–Kier alpha value is -2.28. The van der Waals surface area contributed by atoms with E-state index in [-0.39, 0.29) is 5.91 Å². The Balaban J connectivity index is 1.59. The van der Waals surface area contributed by atoms with E-state index in [1.54, 1.807) is 6.07 Å². The number of fused-ring (bicyclic) bond motifs is 1. The van der Waals surface area contributed by atoms with Crippen molar-refractivity contribution in [2.75, 3.05) is 6.61 Å². The first kappa shape index (κ1) is 18.1. The maximum absolute atomic E-state index is 12.0. The number of benzene rings is 2. The van der Waals surface area contributed by atoms with Crippen LogP contribution >= 0.6 is 35.6 Å². The SMILES string of the molecule is O=C1NC(=S)SC1=Cc1cn(CCOc2ccccc2Cl)c2ccccc12. The maximum atomic E-state index is 12.0. The average molecular weight is 415 g/mol. The summed E-state index contributed by atoms with van der Waals surface area (Å²) in [4.78, 5) is 12.6. The van der Waals surface area contributed by atoms with Crippen LogP contribution in [0.2, 0.25) is 5.02 Å². The Morgan fingerprint density at radius 3 is 2.74 bits per heavy atom. The minimum Gasteiger partial charge on any atom is -0.490 e. The van der Waals surface area contributed by atoms with Gasteiger partial charge in [-0.2, -0.15) is 0 Å². The Bertz CT molecular complexity index is 1070. The minimum absolute atomic E-state index is 0.149.